The molecule has 208 valence electrons. The summed E-state index contributed by atoms with van der Waals surface area (Å²) in [4.78, 5) is 15.6. The molecule has 40 heavy (non-hydrogen) atoms. The largest absolute Gasteiger partial charge is 0.369 e. The highest BCUT2D eigenvalue weighted by Crippen LogP contribution is 2.51. The van der Waals surface area contributed by atoms with Crippen LogP contribution in [0.3, 0.4) is 0 Å². The van der Waals surface area contributed by atoms with Gasteiger partial charge in [-0.05, 0) is 55.5 Å². The van der Waals surface area contributed by atoms with E-state index >= 15 is 0 Å². The Balaban J connectivity index is 1.36. The number of ketones is 1. The number of benzene rings is 2. The van der Waals surface area contributed by atoms with E-state index < -0.39 is 15.3 Å². The predicted molar refractivity (Wildman–Crippen MR) is 151 cm³/mol. The standard InChI is InChI=1S/C31H33FN4O3S/c32-27-7-3-4-8-28(27)36-20-26(22-9-11-23(12-10-22)35-15-17-40(38,39)18-16-35)30(34-36)25-6-2-1-5-24(25)29(37)19-31(21-33)13-14-31/h3-4,7-12,20,24-25H,1-2,5-6,13-19H2/t24-,25-/m1/s1. The summed E-state index contributed by atoms with van der Waals surface area (Å²) in [5.74, 6) is -0.246. The lowest BCUT2D eigenvalue weighted by Crippen LogP contribution is -2.40. The summed E-state index contributed by atoms with van der Waals surface area (Å²) in [6.45, 7) is 0.933. The first-order valence-corrected chi connectivity index (χ1v) is 15.9. The van der Waals surface area contributed by atoms with Crippen LogP contribution >= 0.6 is 0 Å². The van der Waals surface area contributed by atoms with Gasteiger partial charge in [-0.3, -0.25) is 4.79 Å². The molecule has 2 atom stereocenters. The minimum atomic E-state index is -2.97. The number of carbonyl (C=O) groups is 1. The molecule has 3 fully saturated rings. The molecule has 2 aromatic carbocycles. The van der Waals surface area contributed by atoms with Gasteiger partial charge in [-0.2, -0.15) is 10.4 Å². The monoisotopic (exact) mass is 560 g/mol. The molecule has 2 heterocycles. The molecule has 6 rings (SSSR count). The van der Waals surface area contributed by atoms with Gasteiger partial charge in [0.05, 0.1) is 28.7 Å². The molecule has 0 radical (unpaired) electrons. The molecule has 7 nitrogen and oxygen atoms in total. The Hall–Kier alpha value is -3.51. The van der Waals surface area contributed by atoms with Gasteiger partial charge in [-0.15, -0.1) is 0 Å². The molecule has 1 aliphatic heterocycles. The fourth-order valence-corrected chi connectivity index (χ4v) is 7.46. The predicted octanol–water partition coefficient (Wildman–Crippen LogP) is 5.45. The summed E-state index contributed by atoms with van der Waals surface area (Å²) >= 11 is 0. The van der Waals surface area contributed by atoms with E-state index in [9.17, 15) is 22.9 Å². The highest BCUT2D eigenvalue weighted by Gasteiger charge is 2.47. The van der Waals surface area contributed by atoms with Crippen LogP contribution in [0.25, 0.3) is 16.8 Å². The molecule has 3 aromatic rings. The van der Waals surface area contributed by atoms with Gasteiger partial charge in [0.1, 0.15) is 17.3 Å². The molecule has 0 N–H and O–H groups in total. The number of sulfone groups is 1. The van der Waals surface area contributed by atoms with Crippen LogP contribution < -0.4 is 4.90 Å². The Morgan fingerprint density at radius 1 is 1.05 bits per heavy atom. The van der Waals surface area contributed by atoms with E-state index in [1.807, 2.05) is 30.5 Å². The van der Waals surface area contributed by atoms with E-state index in [-0.39, 0.29) is 34.9 Å². The van der Waals surface area contributed by atoms with Gasteiger partial charge in [0.2, 0.25) is 0 Å². The normalized spacial score (nSPS) is 23.4. The highest BCUT2D eigenvalue weighted by atomic mass is 32.2. The van der Waals surface area contributed by atoms with Gasteiger partial charge >= 0.3 is 0 Å². The second kappa shape index (κ2) is 10.5. The lowest BCUT2D eigenvalue weighted by molar-refractivity contribution is -0.125. The van der Waals surface area contributed by atoms with Crippen LogP contribution in [0.4, 0.5) is 10.1 Å². The number of anilines is 1. The molecule has 3 aliphatic rings. The van der Waals surface area contributed by atoms with Gasteiger partial charge in [0.15, 0.2) is 9.84 Å². The molecular formula is C31H33FN4O3S. The zero-order valence-electron chi connectivity index (χ0n) is 22.4. The maximum absolute atomic E-state index is 14.8. The molecule has 2 aliphatic carbocycles. The van der Waals surface area contributed by atoms with Crippen LogP contribution in [0.15, 0.2) is 54.7 Å². The number of nitrogens with zero attached hydrogens (tertiary/aromatic N) is 4. The van der Waals surface area contributed by atoms with Crippen molar-refractivity contribution in [3.63, 3.8) is 0 Å². The van der Waals surface area contributed by atoms with E-state index in [4.69, 9.17) is 5.10 Å². The minimum absolute atomic E-state index is 0.106. The molecular weight excluding hydrogens is 527 g/mol. The lowest BCUT2D eigenvalue weighted by atomic mass is 9.72. The zero-order chi connectivity index (χ0) is 27.9. The number of Topliss-reactive ketones (excluding diaryl/α,β-unsaturated/α-hetero) is 1. The number of aromatic nitrogens is 2. The fraction of sp³-hybridized carbons (Fsp3) is 0.452. The van der Waals surface area contributed by atoms with E-state index in [0.717, 1.165) is 61.0 Å². The summed E-state index contributed by atoms with van der Waals surface area (Å²) in [6.07, 6.45) is 7.27. The number of rotatable bonds is 7. The quantitative estimate of drug-likeness (QED) is 0.381. The number of carbonyl (C=O) groups excluding carboxylic acids is 1. The van der Waals surface area contributed by atoms with E-state index in [2.05, 4.69) is 11.0 Å². The summed E-state index contributed by atoms with van der Waals surface area (Å²) < 4.78 is 40.1. The molecule has 1 saturated heterocycles. The van der Waals surface area contributed by atoms with Crippen LogP contribution in [0, 0.1) is 28.5 Å². The Bertz CT molecular complexity index is 1560. The molecule has 2 saturated carbocycles. The van der Waals surface area contributed by atoms with Crippen molar-refractivity contribution in [1.82, 2.24) is 9.78 Å². The average Bonchev–Trinajstić information content (AvgIpc) is 3.60. The van der Waals surface area contributed by atoms with E-state index in [0.29, 0.717) is 25.2 Å². The summed E-state index contributed by atoms with van der Waals surface area (Å²) in [5, 5.41) is 14.5. The van der Waals surface area contributed by atoms with Crippen molar-refractivity contribution in [2.75, 3.05) is 29.5 Å². The third-order valence-electron chi connectivity index (χ3n) is 8.86. The Kier molecular flexibility index (Phi) is 6.99. The van der Waals surface area contributed by atoms with Crippen molar-refractivity contribution >= 4 is 21.3 Å². The number of para-hydroxylation sites is 1. The smallest absolute Gasteiger partial charge is 0.153 e. The molecule has 1 aromatic heterocycles. The Morgan fingerprint density at radius 3 is 2.42 bits per heavy atom. The van der Waals surface area contributed by atoms with Crippen molar-refractivity contribution in [2.45, 2.75) is 50.9 Å². The van der Waals surface area contributed by atoms with Crippen molar-refractivity contribution < 1.29 is 17.6 Å². The Labute approximate surface area is 234 Å². The SMILES string of the molecule is N#CC1(CC(=O)[C@@H]2CCCC[C@H]2c2nn(-c3ccccc3F)cc2-c2ccc(N3CCS(=O)(=O)CC3)cc2)CC1. The summed E-state index contributed by atoms with van der Waals surface area (Å²) in [7, 11) is -2.97. The third-order valence-corrected chi connectivity index (χ3v) is 10.5. The van der Waals surface area contributed by atoms with E-state index in [1.54, 1.807) is 22.9 Å². The van der Waals surface area contributed by atoms with Gasteiger partial charge in [-0.1, -0.05) is 37.1 Å². The van der Waals surface area contributed by atoms with Gasteiger partial charge < -0.3 is 4.90 Å². The molecule has 0 amide bonds. The molecule has 0 unspecified atom stereocenters. The first kappa shape index (κ1) is 26.7. The van der Waals surface area contributed by atoms with Crippen LogP contribution in [0.5, 0.6) is 0 Å². The number of hydrogen-bond acceptors (Lipinski definition) is 6. The molecule has 9 heteroatoms. The van der Waals surface area contributed by atoms with Crippen LogP contribution in [0.2, 0.25) is 0 Å². The third kappa shape index (κ3) is 5.29. The highest BCUT2D eigenvalue weighted by molar-refractivity contribution is 7.91. The number of halogens is 1. The van der Waals surface area contributed by atoms with Gasteiger partial charge in [-0.25, -0.2) is 17.5 Å². The average molecular weight is 561 g/mol. The van der Waals surface area contributed by atoms with Crippen molar-refractivity contribution in [3.05, 3.63) is 66.2 Å². The summed E-state index contributed by atoms with van der Waals surface area (Å²) in [5.41, 5.74) is 3.39. The van der Waals surface area contributed by atoms with Crippen molar-refractivity contribution in [3.8, 4) is 22.9 Å². The van der Waals surface area contributed by atoms with Gasteiger partial charge in [0, 0.05) is 48.8 Å². The lowest BCUT2D eigenvalue weighted by Gasteiger charge is -2.31. The van der Waals surface area contributed by atoms with Crippen molar-refractivity contribution in [2.24, 2.45) is 11.3 Å². The molecule has 0 spiro atoms. The van der Waals surface area contributed by atoms with E-state index in [1.165, 1.54) is 6.07 Å². The second-order valence-corrected chi connectivity index (χ2v) is 13.8. The minimum Gasteiger partial charge on any atom is -0.369 e. The zero-order valence-corrected chi connectivity index (χ0v) is 23.2. The number of nitriles is 1. The van der Waals surface area contributed by atoms with Crippen molar-refractivity contribution in [1.29, 1.82) is 5.26 Å². The van der Waals surface area contributed by atoms with Gasteiger partial charge in [0.25, 0.3) is 0 Å². The van der Waals surface area contributed by atoms with Crippen LogP contribution in [-0.2, 0) is 14.6 Å². The second-order valence-electron chi connectivity index (χ2n) is 11.5. The topological polar surface area (TPSA) is 96.1 Å². The Morgan fingerprint density at radius 2 is 1.75 bits per heavy atom. The maximum atomic E-state index is 14.8. The maximum Gasteiger partial charge on any atom is 0.153 e. The fourth-order valence-electron chi connectivity index (χ4n) is 6.25. The summed E-state index contributed by atoms with van der Waals surface area (Å²) in [6, 6.07) is 16.9. The first-order chi connectivity index (χ1) is 19.3. The van der Waals surface area contributed by atoms with Crippen LogP contribution in [0.1, 0.15) is 56.6 Å². The first-order valence-electron chi connectivity index (χ1n) is 14.1. The number of hydrogen-bond donors (Lipinski definition) is 0. The van der Waals surface area contributed by atoms with Crippen LogP contribution in [-0.4, -0.2) is 48.6 Å². The molecule has 0 bridgehead atoms.